The Hall–Kier alpha value is -3.03. The minimum atomic E-state index is -0.416. The number of aromatic nitrogens is 4. The van der Waals surface area contributed by atoms with Crippen molar-refractivity contribution in [3.63, 3.8) is 0 Å². The lowest BCUT2D eigenvalue weighted by Crippen LogP contribution is -2.02. The molecule has 3 rings (SSSR count). The third-order valence-corrected chi connectivity index (χ3v) is 3.14. The van der Waals surface area contributed by atoms with Crippen molar-refractivity contribution < 1.29 is 4.92 Å². The molecule has 21 heavy (non-hydrogen) atoms. The fraction of sp³-hybridized carbons (Fsp3) is 0.154. The maximum absolute atomic E-state index is 10.6. The molecule has 0 fully saturated rings. The molecule has 0 atom stereocenters. The van der Waals surface area contributed by atoms with Gasteiger partial charge in [0.15, 0.2) is 5.65 Å². The number of hydrogen-bond acceptors (Lipinski definition) is 6. The van der Waals surface area contributed by atoms with Gasteiger partial charge in [0, 0.05) is 25.7 Å². The molecule has 1 aromatic carbocycles. The lowest BCUT2D eigenvalue weighted by Gasteiger charge is -2.06. The molecule has 0 spiro atoms. The quantitative estimate of drug-likeness (QED) is 0.580. The Labute approximate surface area is 119 Å². The summed E-state index contributed by atoms with van der Waals surface area (Å²) in [6.07, 6.45) is 3.18. The van der Waals surface area contributed by atoms with Gasteiger partial charge in [0.1, 0.15) is 12.1 Å². The standard InChI is InChI=1S/C13H12N6O2/c1-18-13-11(7-17-18)12(15-8-16-13)14-6-9-2-4-10(5-3-9)19(20)21/h2-5,7-8H,6H2,1H3,(H,14,15,16). The zero-order chi connectivity index (χ0) is 14.8. The van der Waals surface area contributed by atoms with E-state index in [4.69, 9.17) is 0 Å². The molecule has 0 aliphatic heterocycles. The van der Waals surface area contributed by atoms with Crippen molar-refractivity contribution >= 4 is 22.5 Å². The number of rotatable bonds is 4. The van der Waals surface area contributed by atoms with Crippen LogP contribution >= 0.6 is 0 Å². The summed E-state index contributed by atoms with van der Waals surface area (Å²) < 4.78 is 1.67. The van der Waals surface area contributed by atoms with Crippen LogP contribution in [-0.2, 0) is 13.6 Å². The highest BCUT2D eigenvalue weighted by atomic mass is 16.6. The largest absolute Gasteiger partial charge is 0.365 e. The summed E-state index contributed by atoms with van der Waals surface area (Å²) in [5.74, 6) is 0.687. The van der Waals surface area contributed by atoms with Crippen molar-refractivity contribution in [1.29, 1.82) is 0 Å². The number of hydrogen-bond donors (Lipinski definition) is 1. The van der Waals surface area contributed by atoms with Gasteiger partial charge in [-0.1, -0.05) is 12.1 Å². The lowest BCUT2D eigenvalue weighted by molar-refractivity contribution is -0.384. The SMILES string of the molecule is Cn1ncc2c(NCc3ccc([N+](=O)[O-])cc3)ncnc21. The van der Waals surface area contributed by atoms with Crippen LogP contribution in [0.15, 0.2) is 36.8 Å². The van der Waals surface area contributed by atoms with E-state index in [2.05, 4.69) is 20.4 Å². The molecule has 2 aromatic heterocycles. The van der Waals surface area contributed by atoms with Crippen LogP contribution in [0, 0.1) is 10.1 Å². The van der Waals surface area contributed by atoms with Crippen LogP contribution in [0.1, 0.15) is 5.56 Å². The molecular weight excluding hydrogens is 272 g/mol. The number of fused-ring (bicyclic) bond motifs is 1. The topological polar surface area (TPSA) is 98.8 Å². The molecule has 0 saturated carbocycles. The highest BCUT2D eigenvalue weighted by molar-refractivity contribution is 5.85. The first-order valence-corrected chi connectivity index (χ1v) is 6.25. The molecule has 1 N–H and O–H groups in total. The normalized spacial score (nSPS) is 10.7. The Morgan fingerprint density at radius 3 is 2.76 bits per heavy atom. The van der Waals surface area contributed by atoms with E-state index in [0.717, 1.165) is 16.6 Å². The van der Waals surface area contributed by atoms with Crippen LogP contribution in [0.5, 0.6) is 0 Å². The van der Waals surface area contributed by atoms with Crippen LogP contribution in [0.4, 0.5) is 11.5 Å². The van der Waals surface area contributed by atoms with Gasteiger partial charge < -0.3 is 5.32 Å². The van der Waals surface area contributed by atoms with Crippen molar-refractivity contribution in [2.75, 3.05) is 5.32 Å². The van der Waals surface area contributed by atoms with Gasteiger partial charge in [-0.2, -0.15) is 5.10 Å². The summed E-state index contributed by atoms with van der Waals surface area (Å²) in [4.78, 5) is 18.5. The summed E-state index contributed by atoms with van der Waals surface area (Å²) >= 11 is 0. The van der Waals surface area contributed by atoms with E-state index in [-0.39, 0.29) is 5.69 Å². The minimum Gasteiger partial charge on any atom is -0.365 e. The second-order valence-electron chi connectivity index (χ2n) is 4.50. The first kappa shape index (κ1) is 13.0. The molecule has 0 saturated heterocycles. The summed E-state index contributed by atoms with van der Waals surface area (Å²) in [5.41, 5.74) is 1.75. The minimum absolute atomic E-state index is 0.0791. The van der Waals surface area contributed by atoms with Gasteiger partial charge in [0.25, 0.3) is 5.69 Å². The molecule has 0 aliphatic carbocycles. The second-order valence-corrected chi connectivity index (χ2v) is 4.50. The molecule has 3 aromatic rings. The number of aryl methyl sites for hydroxylation is 1. The predicted molar refractivity (Wildman–Crippen MR) is 76.7 cm³/mol. The molecule has 0 unspecified atom stereocenters. The van der Waals surface area contributed by atoms with Gasteiger partial charge in [-0.15, -0.1) is 0 Å². The van der Waals surface area contributed by atoms with E-state index in [1.165, 1.54) is 18.5 Å². The number of nitro groups is 1. The molecule has 8 heteroatoms. The fourth-order valence-corrected chi connectivity index (χ4v) is 2.02. The Morgan fingerprint density at radius 1 is 1.29 bits per heavy atom. The third kappa shape index (κ3) is 2.50. The fourth-order valence-electron chi connectivity index (χ4n) is 2.02. The monoisotopic (exact) mass is 284 g/mol. The van der Waals surface area contributed by atoms with Gasteiger partial charge in [-0.25, -0.2) is 9.97 Å². The molecule has 0 radical (unpaired) electrons. The van der Waals surface area contributed by atoms with Crippen molar-refractivity contribution in [3.8, 4) is 0 Å². The number of non-ortho nitro benzene ring substituents is 1. The summed E-state index contributed by atoms with van der Waals surface area (Å²) in [7, 11) is 1.81. The molecular formula is C13H12N6O2. The van der Waals surface area contributed by atoms with Crippen molar-refractivity contribution in [3.05, 3.63) is 52.5 Å². The van der Waals surface area contributed by atoms with E-state index in [9.17, 15) is 10.1 Å². The Morgan fingerprint density at radius 2 is 2.05 bits per heavy atom. The van der Waals surface area contributed by atoms with E-state index in [0.29, 0.717) is 12.4 Å². The number of benzene rings is 1. The molecule has 0 bridgehead atoms. The Bertz CT molecular complexity index is 796. The van der Waals surface area contributed by atoms with Crippen LogP contribution in [-0.4, -0.2) is 24.7 Å². The van der Waals surface area contributed by atoms with Crippen LogP contribution in [0.25, 0.3) is 11.0 Å². The summed E-state index contributed by atoms with van der Waals surface area (Å²) in [6.45, 7) is 0.513. The molecule has 2 heterocycles. The first-order chi connectivity index (χ1) is 10.1. The molecule has 8 nitrogen and oxygen atoms in total. The van der Waals surface area contributed by atoms with E-state index < -0.39 is 4.92 Å². The average molecular weight is 284 g/mol. The zero-order valence-corrected chi connectivity index (χ0v) is 11.2. The molecule has 106 valence electrons. The smallest absolute Gasteiger partial charge is 0.269 e. The van der Waals surface area contributed by atoms with Crippen LogP contribution in [0.2, 0.25) is 0 Å². The van der Waals surface area contributed by atoms with Crippen molar-refractivity contribution in [2.45, 2.75) is 6.54 Å². The number of nitrogens with zero attached hydrogens (tertiary/aromatic N) is 5. The summed E-state index contributed by atoms with van der Waals surface area (Å²) in [6, 6.07) is 6.40. The average Bonchev–Trinajstić information content (AvgIpc) is 2.88. The van der Waals surface area contributed by atoms with E-state index in [1.807, 2.05) is 7.05 Å². The maximum atomic E-state index is 10.6. The van der Waals surface area contributed by atoms with E-state index in [1.54, 1.807) is 23.0 Å². The Kier molecular flexibility index (Phi) is 3.19. The van der Waals surface area contributed by atoms with Crippen LogP contribution in [0.3, 0.4) is 0 Å². The number of anilines is 1. The third-order valence-electron chi connectivity index (χ3n) is 3.14. The predicted octanol–water partition coefficient (Wildman–Crippen LogP) is 1.88. The lowest BCUT2D eigenvalue weighted by atomic mass is 10.2. The molecule has 0 amide bonds. The second kappa shape index (κ2) is 5.16. The van der Waals surface area contributed by atoms with Gasteiger partial charge in [-0.05, 0) is 5.56 Å². The van der Waals surface area contributed by atoms with Gasteiger partial charge >= 0.3 is 0 Å². The number of nitrogens with one attached hydrogen (secondary N) is 1. The highest BCUT2D eigenvalue weighted by Gasteiger charge is 2.08. The Balaban J connectivity index is 1.78. The molecule has 0 aliphatic rings. The van der Waals surface area contributed by atoms with Crippen LogP contribution < -0.4 is 5.32 Å². The van der Waals surface area contributed by atoms with Crippen molar-refractivity contribution in [2.24, 2.45) is 7.05 Å². The highest BCUT2D eigenvalue weighted by Crippen LogP contribution is 2.19. The van der Waals surface area contributed by atoms with Gasteiger partial charge in [0.05, 0.1) is 16.5 Å². The van der Waals surface area contributed by atoms with Gasteiger partial charge in [0.2, 0.25) is 0 Å². The maximum Gasteiger partial charge on any atom is 0.269 e. The summed E-state index contributed by atoms with van der Waals surface area (Å²) in [5, 5.41) is 18.8. The van der Waals surface area contributed by atoms with Gasteiger partial charge in [-0.3, -0.25) is 14.8 Å². The van der Waals surface area contributed by atoms with E-state index >= 15 is 0 Å². The zero-order valence-electron chi connectivity index (χ0n) is 11.2. The van der Waals surface area contributed by atoms with Crippen molar-refractivity contribution in [1.82, 2.24) is 19.7 Å². The first-order valence-electron chi connectivity index (χ1n) is 6.25. The number of nitro benzene ring substituents is 1.